The Balaban J connectivity index is 2.06. The minimum absolute atomic E-state index is 0.374. The summed E-state index contributed by atoms with van der Waals surface area (Å²) in [5.74, 6) is -1.39. The fourth-order valence-corrected chi connectivity index (χ4v) is 4.39. The van der Waals surface area contributed by atoms with Crippen LogP contribution in [-0.2, 0) is 9.59 Å². The molecule has 0 aliphatic carbocycles. The highest BCUT2D eigenvalue weighted by molar-refractivity contribution is 5.98. The summed E-state index contributed by atoms with van der Waals surface area (Å²) in [6.45, 7) is 3.07. The van der Waals surface area contributed by atoms with E-state index >= 15 is 0 Å². The van der Waals surface area contributed by atoms with E-state index in [-0.39, 0.29) is 6.54 Å². The van der Waals surface area contributed by atoms with Crippen LogP contribution in [0.5, 0.6) is 5.75 Å². The number of likely N-dealkylation sites (N-methyl/N-ethyl adjacent to an activating group) is 2. The molecule has 0 amide bonds. The van der Waals surface area contributed by atoms with E-state index in [1.54, 1.807) is 12.1 Å². The highest BCUT2D eigenvalue weighted by atomic mass is 16.5. The molecule has 1 atom stereocenters. The van der Waals surface area contributed by atoms with Crippen molar-refractivity contribution in [3.63, 3.8) is 0 Å². The number of rotatable bonds is 13. The summed E-state index contributed by atoms with van der Waals surface area (Å²) < 4.78 is 5.79. The first-order chi connectivity index (χ1) is 17.8. The summed E-state index contributed by atoms with van der Waals surface area (Å²) >= 11 is 0. The topological polar surface area (TPSA) is 99.1 Å². The summed E-state index contributed by atoms with van der Waals surface area (Å²) in [4.78, 5) is 24.4. The molecule has 37 heavy (non-hydrogen) atoms. The molecule has 3 N–H and O–H groups in total. The number of benzene rings is 3. The SMILES string of the molecule is CCC(=C(c1ccc(OCCNC)cc1)c1ccc(C(C(=O)O)N(C)CC(=O)O)cc1)c1ccccc1. The third kappa shape index (κ3) is 7.29. The summed E-state index contributed by atoms with van der Waals surface area (Å²) in [7, 11) is 3.38. The molecule has 0 aliphatic rings. The third-order valence-electron chi connectivity index (χ3n) is 6.12. The molecule has 0 heterocycles. The van der Waals surface area contributed by atoms with Crippen LogP contribution in [0.2, 0.25) is 0 Å². The maximum Gasteiger partial charge on any atom is 0.325 e. The van der Waals surface area contributed by atoms with Crippen LogP contribution in [-0.4, -0.2) is 60.8 Å². The van der Waals surface area contributed by atoms with Gasteiger partial charge in [0.25, 0.3) is 0 Å². The summed E-state index contributed by atoms with van der Waals surface area (Å²) in [6.07, 6.45) is 0.792. The van der Waals surface area contributed by atoms with Gasteiger partial charge in [-0.1, -0.05) is 73.7 Å². The molecule has 0 radical (unpaired) electrons. The van der Waals surface area contributed by atoms with Gasteiger partial charge in [-0.3, -0.25) is 14.5 Å². The van der Waals surface area contributed by atoms with E-state index in [1.807, 2.05) is 61.6 Å². The zero-order valence-electron chi connectivity index (χ0n) is 21.5. The lowest BCUT2D eigenvalue weighted by Gasteiger charge is -2.24. The molecule has 3 aromatic rings. The molecule has 0 saturated carbocycles. The van der Waals surface area contributed by atoms with Crippen LogP contribution >= 0.6 is 0 Å². The molecular weight excluding hydrogens is 468 g/mol. The van der Waals surface area contributed by atoms with E-state index in [0.717, 1.165) is 46.6 Å². The van der Waals surface area contributed by atoms with Crippen molar-refractivity contribution in [3.05, 3.63) is 101 Å². The lowest BCUT2D eigenvalue weighted by atomic mass is 9.87. The maximum atomic E-state index is 12.0. The standard InChI is InChI=1S/C30H34N2O5/c1-4-26(21-8-6-5-7-9-21)28(23-14-16-25(17-15-23)37-19-18-31-2)22-10-12-24(13-11-22)29(30(35)36)32(3)20-27(33)34/h5-17,29,31H,4,18-20H2,1-3H3,(H,33,34)(H,35,36). The van der Waals surface area contributed by atoms with Crippen molar-refractivity contribution in [2.24, 2.45) is 0 Å². The van der Waals surface area contributed by atoms with Crippen LogP contribution in [0.1, 0.15) is 41.6 Å². The third-order valence-corrected chi connectivity index (χ3v) is 6.12. The van der Waals surface area contributed by atoms with Crippen LogP contribution in [0.25, 0.3) is 11.1 Å². The predicted molar refractivity (Wildman–Crippen MR) is 146 cm³/mol. The van der Waals surface area contributed by atoms with Crippen LogP contribution in [0.4, 0.5) is 0 Å². The first-order valence-corrected chi connectivity index (χ1v) is 12.3. The number of carboxylic acids is 2. The Morgan fingerprint density at radius 2 is 1.49 bits per heavy atom. The van der Waals surface area contributed by atoms with Gasteiger partial charge < -0.3 is 20.3 Å². The minimum atomic E-state index is -1.10. The lowest BCUT2D eigenvalue weighted by molar-refractivity contribution is -0.145. The van der Waals surface area contributed by atoms with Crippen LogP contribution < -0.4 is 10.1 Å². The van der Waals surface area contributed by atoms with Gasteiger partial charge in [0.05, 0.1) is 6.54 Å². The molecule has 0 bridgehead atoms. The highest BCUT2D eigenvalue weighted by Gasteiger charge is 2.26. The van der Waals surface area contributed by atoms with Gasteiger partial charge in [0.15, 0.2) is 0 Å². The number of nitrogens with zero attached hydrogens (tertiary/aromatic N) is 1. The van der Waals surface area contributed by atoms with Crippen LogP contribution in [0.15, 0.2) is 78.9 Å². The van der Waals surface area contributed by atoms with Crippen molar-refractivity contribution in [3.8, 4) is 5.75 Å². The van der Waals surface area contributed by atoms with Crippen molar-refractivity contribution >= 4 is 23.1 Å². The number of hydrogen-bond donors (Lipinski definition) is 3. The van der Waals surface area contributed by atoms with E-state index in [0.29, 0.717) is 12.2 Å². The van der Waals surface area contributed by atoms with Gasteiger partial charge in [-0.25, -0.2) is 0 Å². The number of ether oxygens (including phenoxy) is 1. The Hall–Kier alpha value is -3.94. The van der Waals surface area contributed by atoms with Crippen molar-refractivity contribution in [2.45, 2.75) is 19.4 Å². The average molecular weight is 503 g/mol. The monoisotopic (exact) mass is 502 g/mol. The van der Waals surface area contributed by atoms with Gasteiger partial charge in [-0.05, 0) is 66.0 Å². The maximum absolute atomic E-state index is 12.0. The number of nitrogens with one attached hydrogen (secondary N) is 1. The van der Waals surface area contributed by atoms with Crippen LogP contribution in [0.3, 0.4) is 0 Å². The first kappa shape index (κ1) is 27.6. The molecule has 1 unspecified atom stereocenters. The smallest absolute Gasteiger partial charge is 0.325 e. The second kappa shape index (κ2) is 13.4. The summed E-state index contributed by atoms with van der Waals surface area (Å²) in [6, 6.07) is 24.5. The van der Waals surface area contributed by atoms with E-state index in [1.165, 1.54) is 11.9 Å². The van der Waals surface area contributed by atoms with Crippen LogP contribution in [0, 0.1) is 0 Å². The van der Waals surface area contributed by atoms with Crippen molar-refractivity contribution in [1.82, 2.24) is 10.2 Å². The van der Waals surface area contributed by atoms with E-state index in [2.05, 4.69) is 24.4 Å². The van der Waals surface area contributed by atoms with Gasteiger partial charge in [0.2, 0.25) is 0 Å². The molecule has 0 fully saturated rings. The molecule has 3 aromatic carbocycles. The summed E-state index contributed by atoms with van der Waals surface area (Å²) in [5.41, 5.74) is 5.81. The second-order valence-corrected chi connectivity index (χ2v) is 8.72. The number of aliphatic carboxylic acids is 2. The van der Waals surface area contributed by atoms with E-state index in [4.69, 9.17) is 9.84 Å². The molecular formula is C30H34N2O5. The lowest BCUT2D eigenvalue weighted by Crippen LogP contribution is -2.34. The average Bonchev–Trinajstić information content (AvgIpc) is 2.88. The Kier molecular flexibility index (Phi) is 10.0. The van der Waals surface area contributed by atoms with Crippen molar-refractivity contribution in [2.75, 3.05) is 33.8 Å². The highest BCUT2D eigenvalue weighted by Crippen LogP contribution is 2.35. The molecule has 0 aromatic heterocycles. The number of carbonyl (C=O) groups is 2. The molecule has 7 nitrogen and oxygen atoms in total. The quantitative estimate of drug-likeness (QED) is 0.228. The van der Waals surface area contributed by atoms with Crippen molar-refractivity contribution < 1.29 is 24.5 Å². The Bertz CT molecular complexity index is 1200. The zero-order valence-corrected chi connectivity index (χ0v) is 21.5. The largest absolute Gasteiger partial charge is 0.492 e. The second-order valence-electron chi connectivity index (χ2n) is 8.72. The Labute approximate surface area is 218 Å². The van der Waals surface area contributed by atoms with Gasteiger partial charge in [0.1, 0.15) is 18.4 Å². The van der Waals surface area contributed by atoms with Crippen molar-refractivity contribution in [1.29, 1.82) is 0 Å². The molecule has 0 saturated heterocycles. The van der Waals surface area contributed by atoms with Gasteiger partial charge in [-0.2, -0.15) is 0 Å². The first-order valence-electron chi connectivity index (χ1n) is 12.3. The normalized spacial score (nSPS) is 12.6. The van der Waals surface area contributed by atoms with Gasteiger partial charge >= 0.3 is 11.9 Å². The molecule has 194 valence electrons. The summed E-state index contributed by atoms with van der Waals surface area (Å²) in [5, 5.41) is 22.0. The Morgan fingerprint density at radius 3 is 2.00 bits per heavy atom. The number of hydrogen-bond acceptors (Lipinski definition) is 5. The van der Waals surface area contributed by atoms with E-state index in [9.17, 15) is 14.7 Å². The fourth-order valence-electron chi connectivity index (χ4n) is 4.39. The molecule has 0 spiro atoms. The predicted octanol–water partition coefficient (Wildman–Crippen LogP) is 4.80. The molecule has 7 heteroatoms. The molecule has 0 aliphatic heterocycles. The number of allylic oxidation sites excluding steroid dienone is 1. The molecule has 3 rings (SSSR count). The number of carboxylic acid groups (broad SMARTS) is 2. The fraction of sp³-hybridized carbons (Fsp3) is 0.267. The van der Waals surface area contributed by atoms with Gasteiger partial charge in [0, 0.05) is 6.54 Å². The van der Waals surface area contributed by atoms with Gasteiger partial charge in [-0.15, -0.1) is 0 Å². The zero-order chi connectivity index (χ0) is 26.8. The Morgan fingerprint density at radius 1 is 0.892 bits per heavy atom. The van der Waals surface area contributed by atoms with E-state index < -0.39 is 18.0 Å². The minimum Gasteiger partial charge on any atom is -0.492 e.